The number of nitrogens with one attached hydrogen (secondary N) is 1. The van der Waals surface area contributed by atoms with Crippen LogP contribution in [-0.4, -0.2) is 65.7 Å². The Morgan fingerprint density at radius 3 is 2.21 bits per heavy atom. The standard InChI is InChI=1S/C13H23N3O3/c1-9-6-16(7-10(2)15(9)3)12(19)14-8-13(4-5-13)11(17)18/h9-10H,4-8H2,1-3H3,(H,14,19)(H,17,18). The Balaban J connectivity index is 1.85. The molecule has 2 rings (SSSR count). The van der Waals surface area contributed by atoms with E-state index in [-0.39, 0.29) is 12.6 Å². The van der Waals surface area contributed by atoms with Gasteiger partial charge in [-0.05, 0) is 33.7 Å². The minimum atomic E-state index is -0.798. The third-order valence-corrected chi connectivity index (χ3v) is 4.53. The van der Waals surface area contributed by atoms with Gasteiger partial charge in [0.1, 0.15) is 0 Å². The fourth-order valence-electron chi connectivity index (χ4n) is 2.54. The molecular weight excluding hydrogens is 246 g/mol. The van der Waals surface area contributed by atoms with Gasteiger partial charge in [0.25, 0.3) is 0 Å². The zero-order chi connectivity index (χ0) is 14.2. The molecule has 2 N–H and O–H groups in total. The van der Waals surface area contributed by atoms with Crippen LogP contribution in [0.5, 0.6) is 0 Å². The molecule has 108 valence electrons. The zero-order valence-corrected chi connectivity index (χ0v) is 11.8. The lowest BCUT2D eigenvalue weighted by Crippen LogP contribution is -2.58. The van der Waals surface area contributed by atoms with Crippen molar-refractivity contribution in [3.8, 4) is 0 Å². The fourth-order valence-corrected chi connectivity index (χ4v) is 2.54. The van der Waals surface area contributed by atoms with Crippen molar-refractivity contribution in [3.63, 3.8) is 0 Å². The van der Waals surface area contributed by atoms with E-state index in [9.17, 15) is 9.59 Å². The second kappa shape index (κ2) is 5.00. The van der Waals surface area contributed by atoms with Gasteiger partial charge in [-0.1, -0.05) is 0 Å². The lowest BCUT2D eigenvalue weighted by atomic mass is 10.1. The van der Waals surface area contributed by atoms with Crippen molar-refractivity contribution in [2.45, 2.75) is 38.8 Å². The first kappa shape index (κ1) is 14.1. The molecule has 2 unspecified atom stereocenters. The van der Waals surface area contributed by atoms with E-state index in [2.05, 4.69) is 31.1 Å². The summed E-state index contributed by atoms with van der Waals surface area (Å²) in [6.45, 7) is 5.81. The van der Waals surface area contributed by atoms with E-state index in [0.29, 0.717) is 38.0 Å². The summed E-state index contributed by atoms with van der Waals surface area (Å²) in [7, 11) is 2.06. The third-order valence-electron chi connectivity index (χ3n) is 4.53. The molecule has 19 heavy (non-hydrogen) atoms. The van der Waals surface area contributed by atoms with Crippen molar-refractivity contribution >= 4 is 12.0 Å². The number of aliphatic carboxylic acids is 1. The molecule has 2 fully saturated rings. The van der Waals surface area contributed by atoms with Crippen LogP contribution in [0, 0.1) is 5.41 Å². The minimum Gasteiger partial charge on any atom is -0.481 e. The highest BCUT2D eigenvalue weighted by atomic mass is 16.4. The largest absolute Gasteiger partial charge is 0.481 e. The molecule has 1 saturated heterocycles. The number of carboxylic acids is 1. The van der Waals surface area contributed by atoms with Crippen LogP contribution in [0.15, 0.2) is 0 Å². The molecule has 1 aliphatic carbocycles. The van der Waals surface area contributed by atoms with Crippen molar-refractivity contribution in [1.29, 1.82) is 0 Å². The van der Waals surface area contributed by atoms with Gasteiger partial charge in [0, 0.05) is 31.7 Å². The van der Waals surface area contributed by atoms with Crippen LogP contribution < -0.4 is 5.32 Å². The average Bonchev–Trinajstić information content (AvgIpc) is 3.13. The van der Waals surface area contributed by atoms with Crippen LogP contribution in [0.2, 0.25) is 0 Å². The number of rotatable bonds is 3. The number of hydrogen-bond donors (Lipinski definition) is 2. The van der Waals surface area contributed by atoms with E-state index < -0.39 is 11.4 Å². The maximum Gasteiger partial charge on any atom is 0.317 e. The summed E-state index contributed by atoms with van der Waals surface area (Å²) in [6.07, 6.45) is 1.33. The summed E-state index contributed by atoms with van der Waals surface area (Å²) in [5, 5.41) is 11.9. The SMILES string of the molecule is CC1CN(C(=O)NCC2(C(=O)O)CC2)CC(C)N1C. The molecule has 0 aromatic carbocycles. The van der Waals surface area contributed by atoms with E-state index in [0.717, 1.165) is 0 Å². The molecule has 6 nitrogen and oxygen atoms in total. The smallest absolute Gasteiger partial charge is 0.317 e. The first-order valence-electron chi connectivity index (χ1n) is 6.84. The summed E-state index contributed by atoms with van der Waals surface area (Å²) >= 11 is 0. The molecule has 2 atom stereocenters. The van der Waals surface area contributed by atoms with Crippen LogP contribution in [0.25, 0.3) is 0 Å². The predicted molar refractivity (Wildman–Crippen MR) is 71.0 cm³/mol. The molecule has 0 aromatic heterocycles. The van der Waals surface area contributed by atoms with Gasteiger partial charge in [0.15, 0.2) is 0 Å². The summed E-state index contributed by atoms with van der Waals surface area (Å²) in [6, 6.07) is 0.507. The first-order valence-corrected chi connectivity index (χ1v) is 6.84. The summed E-state index contributed by atoms with van der Waals surface area (Å²) < 4.78 is 0. The molecule has 0 radical (unpaired) electrons. The van der Waals surface area contributed by atoms with Crippen molar-refractivity contribution in [3.05, 3.63) is 0 Å². The maximum absolute atomic E-state index is 12.1. The number of piperazine rings is 1. The Bertz CT molecular complexity index is 369. The van der Waals surface area contributed by atoms with Crippen LogP contribution in [-0.2, 0) is 4.79 Å². The van der Waals surface area contributed by atoms with Gasteiger partial charge in [-0.2, -0.15) is 0 Å². The van der Waals surface area contributed by atoms with E-state index in [4.69, 9.17) is 5.11 Å². The summed E-state index contributed by atoms with van der Waals surface area (Å²) in [5.74, 6) is -0.798. The number of hydrogen-bond acceptors (Lipinski definition) is 3. The molecule has 1 saturated carbocycles. The highest BCUT2D eigenvalue weighted by Crippen LogP contribution is 2.45. The molecule has 2 aliphatic rings. The molecule has 0 aromatic rings. The summed E-state index contributed by atoms with van der Waals surface area (Å²) in [5.41, 5.74) is -0.695. The zero-order valence-electron chi connectivity index (χ0n) is 11.8. The third kappa shape index (κ3) is 2.83. The fraction of sp³-hybridized carbons (Fsp3) is 0.846. The van der Waals surface area contributed by atoms with E-state index in [1.54, 1.807) is 4.90 Å². The highest BCUT2D eigenvalue weighted by Gasteiger charge is 2.50. The van der Waals surface area contributed by atoms with Gasteiger partial charge < -0.3 is 15.3 Å². The van der Waals surface area contributed by atoms with Gasteiger partial charge in [0.05, 0.1) is 5.41 Å². The second-order valence-electron chi connectivity index (χ2n) is 6.01. The molecule has 2 amide bonds. The monoisotopic (exact) mass is 269 g/mol. The van der Waals surface area contributed by atoms with E-state index >= 15 is 0 Å². The van der Waals surface area contributed by atoms with Crippen LogP contribution in [0.4, 0.5) is 4.79 Å². The number of amides is 2. The van der Waals surface area contributed by atoms with E-state index in [1.165, 1.54) is 0 Å². The normalized spacial score (nSPS) is 29.9. The van der Waals surface area contributed by atoms with Gasteiger partial charge in [0.2, 0.25) is 0 Å². The molecule has 6 heteroatoms. The van der Waals surface area contributed by atoms with Crippen LogP contribution in [0.3, 0.4) is 0 Å². The van der Waals surface area contributed by atoms with Gasteiger partial charge in [-0.3, -0.25) is 9.69 Å². The topological polar surface area (TPSA) is 72.9 Å². The number of likely N-dealkylation sites (N-methyl/N-ethyl adjacent to an activating group) is 1. The van der Waals surface area contributed by atoms with Gasteiger partial charge >= 0.3 is 12.0 Å². The Hall–Kier alpha value is -1.30. The maximum atomic E-state index is 12.1. The average molecular weight is 269 g/mol. The molecular formula is C13H23N3O3. The van der Waals surface area contributed by atoms with Crippen molar-refractivity contribution in [2.24, 2.45) is 5.41 Å². The summed E-state index contributed by atoms with van der Waals surface area (Å²) in [4.78, 5) is 27.2. The van der Waals surface area contributed by atoms with Crippen LogP contribution >= 0.6 is 0 Å². The number of carboxylic acid groups (broad SMARTS) is 1. The number of carbonyl (C=O) groups excluding carboxylic acids is 1. The quantitative estimate of drug-likeness (QED) is 0.786. The number of nitrogens with zero attached hydrogens (tertiary/aromatic N) is 2. The Labute approximate surface area is 113 Å². The lowest BCUT2D eigenvalue weighted by molar-refractivity contribution is -0.143. The Morgan fingerprint density at radius 2 is 1.79 bits per heavy atom. The van der Waals surface area contributed by atoms with Crippen molar-refractivity contribution in [2.75, 3.05) is 26.7 Å². The van der Waals surface area contributed by atoms with Crippen molar-refractivity contribution < 1.29 is 14.7 Å². The molecule has 1 aliphatic heterocycles. The first-order chi connectivity index (χ1) is 8.85. The van der Waals surface area contributed by atoms with Crippen molar-refractivity contribution in [1.82, 2.24) is 15.1 Å². The second-order valence-corrected chi connectivity index (χ2v) is 6.01. The minimum absolute atomic E-state index is 0.140. The Kier molecular flexibility index (Phi) is 3.71. The van der Waals surface area contributed by atoms with Gasteiger partial charge in [-0.25, -0.2) is 4.79 Å². The van der Waals surface area contributed by atoms with Gasteiger partial charge in [-0.15, -0.1) is 0 Å². The molecule has 0 bridgehead atoms. The number of carbonyl (C=O) groups is 2. The molecule has 0 spiro atoms. The van der Waals surface area contributed by atoms with Crippen LogP contribution in [0.1, 0.15) is 26.7 Å². The van der Waals surface area contributed by atoms with E-state index in [1.807, 2.05) is 0 Å². The predicted octanol–water partition coefficient (Wildman–Crippen LogP) is 0.585. The molecule has 1 heterocycles. The highest BCUT2D eigenvalue weighted by molar-refractivity contribution is 5.80. The lowest BCUT2D eigenvalue weighted by Gasteiger charge is -2.42. The Morgan fingerprint density at radius 1 is 1.26 bits per heavy atom. The number of urea groups is 1.